The highest BCUT2D eigenvalue weighted by atomic mass is 16.5. The average Bonchev–Trinajstić information content (AvgIpc) is 2.69. The van der Waals surface area contributed by atoms with Gasteiger partial charge in [-0.3, -0.25) is 9.69 Å². The van der Waals surface area contributed by atoms with Crippen LogP contribution in [0.4, 0.5) is 0 Å². The summed E-state index contributed by atoms with van der Waals surface area (Å²) in [6.07, 6.45) is 10.1. The number of rotatable bonds is 5. The third-order valence-electron chi connectivity index (χ3n) is 6.56. The number of nitrogens with zero attached hydrogens (tertiary/aromatic N) is 2. The molecule has 0 aromatic carbocycles. The van der Waals surface area contributed by atoms with Gasteiger partial charge in [0.25, 0.3) is 0 Å². The highest BCUT2D eigenvalue weighted by Crippen LogP contribution is 2.39. The summed E-state index contributed by atoms with van der Waals surface area (Å²) in [4.78, 5) is 18.2. The summed E-state index contributed by atoms with van der Waals surface area (Å²) in [6.45, 7) is 8.65. The van der Waals surface area contributed by atoms with Gasteiger partial charge in [-0.1, -0.05) is 25.3 Å². The molecule has 1 saturated carbocycles. The van der Waals surface area contributed by atoms with Crippen LogP contribution in [0, 0.1) is 5.41 Å². The zero-order valence-corrected chi connectivity index (χ0v) is 15.5. The van der Waals surface area contributed by atoms with Gasteiger partial charge in [-0.15, -0.1) is 6.58 Å². The topological polar surface area (TPSA) is 53.0 Å². The highest BCUT2D eigenvalue weighted by molar-refractivity contribution is 5.86. The molecule has 1 amide bonds. The number of aliphatic hydroxyl groups excluding tert-OH is 1. The quantitative estimate of drug-likeness (QED) is 0.773. The highest BCUT2D eigenvalue weighted by Gasteiger charge is 2.49. The van der Waals surface area contributed by atoms with Crippen LogP contribution in [0.25, 0.3) is 0 Å². The summed E-state index contributed by atoms with van der Waals surface area (Å²) < 4.78 is 5.53. The van der Waals surface area contributed by atoms with Gasteiger partial charge in [-0.05, 0) is 32.1 Å². The minimum absolute atomic E-state index is 0.132. The molecule has 2 saturated heterocycles. The molecular formula is C20H34N2O3. The minimum atomic E-state index is -0.339. The van der Waals surface area contributed by atoms with Crippen LogP contribution >= 0.6 is 0 Å². The van der Waals surface area contributed by atoms with Gasteiger partial charge in [0.15, 0.2) is 0 Å². The van der Waals surface area contributed by atoms with Gasteiger partial charge in [0, 0.05) is 31.6 Å². The van der Waals surface area contributed by atoms with Crippen molar-refractivity contribution in [2.24, 2.45) is 5.41 Å². The molecule has 1 unspecified atom stereocenters. The van der Waals surface area contributed by atoms with Gasteiger partial charge in [0.05, 0.1) is 19.8 Å². The first-order valence-electron chi connectivity index (χ1n) is 10.00. The molecule has 3 rings (SSSR count). The van der Waals surface area contributed by atoms with Crippen molar-refractivity contribution in [2.45, 2.75) is 56.9 Å². The van der Waals surface area contributed by atoms with Crippen LogP contribution in [-0.2, 0) is 9.53 Å². The summed E-state index contributed by atoms with van der Waals surface area (Å²) in [7, 11) is 0. The Labute approximate surface area is 152 Å². The predicted molar refractivity (Wildman–Crippen MR) is 98.4 cm³/mol. The summed E-state index contributed by atoms with van der Waals surface area (Å²) >= 11 is 0. The van der Waals surface area contributed by atoms with Crippen molar-refractivity contribution in [1.29, 1.82) is 0 Å². The molecule has 5 nitrogen and oxygen atoms in total. The maximum atomic E-state index is 13.7. The van der Waals surface area contributed by atoms with Crippen LogP contribution in [0.5, 0.6) is 0 Å². The molecule has 142 valence electrons. The maximum Gasteiger partial charge on any atom is 0.243 e. The number of hydrogen-bond acceptors (Lipinski definition) is 4. The Balaban J connectivity index is 1.80. The number of amides is 1. The second kappa shape index (κ2) is 8.19. The van der Waals surface area contributed by atoms with Crippen molar-refractivity contribution < 1.29 is 14.6 Å². The average molecular weight is 351 g/mol. The largest absolute Gasteiger partial charge is 0.396 e. The molecule has 2 heterocycles. The second-order valence-corrected chi connectivity index (χ2v) is 8.17. The van der Waals surface area contributed by atoms with Gasteiger partial charge < -0.3 is 14.7 Å². The van der Waals surface area contributed by atoms with Crippen molar-refractivity contribution in [2.75, 3.05) is 46.0 Å². The van der Waals surface area contributed by atoms with E-state index >= 15 is 0 Å². The summed E-state index contributed by atoms with van der Waals surface area (Å²) in [5, 5.41) is 9.98. The molecule has 1 atom stereocenters. The first-order chi connectivity index (χ1) is 12.2. The van der Waals surface area contributed by atoms with Crippen molar-refractivity contribution in [3.63, 3.8) is 0 Å². The molecule has 0 bridgehead atoms. The molecule has 1 aliphatic carbocycles. The zero-order chi connectivity index (χ0) is 17.8. The Morgan fingerprint density at radius 3 is 2.44 bits per heavy atom. The zero-order valence-electron chi connectivity index (χ0n) is 15.5. The molecule has 2 aliphatic heterocycles. The molecule has 5 heteroatoms. The SMILES string of the molecule is C=CCC1(CO)CCCN(C(=O)C2(N3CCOCC3)CCCCC2)C1. The van der Waals surface area contributed by atoms with Gasteiger partial charge in [0.1, 0.15) is 5.54 Å². The number of piperidine rings is 1. The number of ether oxygens (including phenoxy) is 1. The van der Waals surface area contributed by atoms with Crippen LogP contribution in [0.3, 0.4) is 0 Å². The number of allylic oxidation sites excluding steroid dienone is 1. The fraction of sp³-hybridized carbons (Fsp3) is 0.850. The van der Waals surface area contributed by atoms with E-state index < -0.39 is 0 Å². The van der Waals surface area contributed by atoms with E-state index in [-0.39, 0.29) is 17.6 Å². The van der Waals surface area contributed by atoms with Crippen LogP contribution < -0.4 is 0 Å². The van der Waals surface area contributed by atoms with Crippen LogP contribution in [0.1, 0.15) is 51.4 Å². The third-order valence-corrected chi connectivity index (χ3v) is 6.56. The normalized spacial score (nSPS) is 30.8. The first kappa shape index (κ1) is 18.9. The van der Waals surface area contributed by atoms with Gasteiger partial charge in [-0.25, -0.2) is 0 Å². The van der Waals surface area contributed by atoms with E-state index in [0.717, 1.165) is 77.8 Å². The number of likely N-dealkylation sites (tertiary alicyclic amines) is 1. The van der Waals surface area contributed by atoms with Crippen molar-refractivity contribution in [3.05, 3.63) is 12.7 Å². The minimum Gasteiger partial charge on any atom is -0.396 e. The Kier molecular flexibility index (Phi) is 6.18. The summed E-state index contributed by atoms with van der Waals surface area (Å²) in [5.74, 6) is 0.302. The smallest absolute Gasteiger partial charge is 0.243 e. The number of carbonyl (C=O) groups excluding carboxylic acids is 1. The van der Waals surface area contributed by atoms with Crippen molar-refractivity contribution in [3.8, 4) is 0 Å². The summed E-state index contributed by atoms with van der Waals surface area (Å²) in [6, 6.07) is 0. The van der Waals surface area contributed by atoms with Gasteiger partial charge in [-0.2, -0.15) is 0 Å². The van der Waals surface area contributed by atoms with Crippen LogP contribution in [-0.4, -0.2) is 72.4 Å². The second-order valence-electron chi connectivity index (χ2n) is 8.17. The van der Waals surface area contributed by atoms with Crippen LogP contribution in [0.2, 0.25) is 0 Å². The lowest BCUT2D eigenvalue weighted by molar-refractivity contribution is -0.155. The van der Waals surface area contributed by atoms with Gasteiger partial charge in [0.2, 0.25) is 5.91 Å². The monoisotopic (exact) mass is 350 g/mol. The number of aliphatic hydroxyl groups is 1. The third kappa shape index (κ3) is 3.79. The Bertz CT molecular complexity index is 470. The Morgan fingerprint density at radius 1 is 1.08 bits per heavy atom. The van der Waals surface area contributed by atoms with E-state index in [1.54, 1.807) is 0 Å². The molecule has 25 heavy (non-hydrogen) atoms. The molecule has 0 radical (unpaired) electrons. The van der Waals surface area contributed by atoms with E-state index in [1.807, 2.05) is 6.08 Å². The lowest BCUT2D eigenvalue weighted by Gasteiger charge is -2.51. The maximum absolute atomic E-state index is 13.7. The molecular weight excluding hydrogens is 316 g/mol. The molecule has 3 fully saturated rings. The fourth-order valence-electron chi connectivity index (χ4n) is 5.14. The van der Waals surface area contributed by atoms with Gasteiger partial charge >= 0.3 is 0 Å². The molecule has 3 aliphatic rings. The first-order valence-corrected chi connectivity index (χ1v) is 10.00. The molecule has 1 N–H and O–H groups in total. The van der Waals surface area contributed by atoms with E-state index in [0.29, 0.717) is 12.5 Å². The number of morpholine rings is 1. The molecule has 0 aromatic rings. The predicted octanol–water partition coefficient (Wildman–Crippen LogP) is 2.20. The number of carbonyl (C=O) groups is 1. The van der Waals surface area contributed by atoms with E-state index in [9.17, 15) is 9.90 Å². The lowest BCUT2D eigenvalue weighted by atomic mass is 9.75. The summed E-state index contributed by atoms with van der Waals surface area (Å²) in [5.41, 5.74) is -0.536. The van der Waals surface area contributed by atoms with Crippen LogP contribution in [0.15, 0.2) is 12.7 Å². The lowest BCUT2D eigenvalue weighted by Crippen LogP contribution is -2.64. The molecule has 0 spiro atoms. The fourth-order valence-corrected chi connectivity index (χ4v) is 5.14. The Hall–Kier alpha value is -0.910. The standard InChI is InChI=1S/C20H34N2O3/c1-2-7-19(17-23)8-6-11-21(16-19)18(24)20(9-4-3-5-10-20)22-12-14-25-15-13-22/h2,23H,1,3-17H2. The number of hydrogen-bond donors (Lipinski definition) is 1. The molecule has 0 aromatic heterocycles. The van der Waals surface area contributed by atoms with E-state index in [2.05, 4.69) is 16.4 Å². The van der Waals surface area contributed by atoms with E-state index in [1.165, 1.54) is 6.42 Å². The van der Waals surface area contributed by atoms with Crippen molar-refractivity contribution in [1.82, 2.24) is 9.80 Å². The Morgan fingerprint density at radius 2 is 1.80 bits per heavy atom. The van der Waals surface area contributed by atoms with Crippen molar-refractivity contribution >= 4 is 5.91 Å². The van der Waals surface area contributed by atoms with E-state index in [4.69, 9.17) is 4.74 Å².